The minimum atomic E-state index is -0.0846. The normalized spacial score (nSPS) is 22.8. The Hall–Kier alpha value is -1.50. The summed E-state index contributed by atoms with van der Waals surface area (Å²) in [6.07, 6.45) is 4.00. The molecule has 30 heavy (non-hydrogen) atoms. The molecule has 2 amide bonds. The second kappa shape index (κ2) is 8.56. The number of benzene rings is 1. The van der Waals surface area contributed by atoms with E-state index in [0.29, 0.717) is 27.7 Å². The summed E-state index contributed by atoms with van der Waals surface area (Å²) < 4.78 is 0. The molecule has 0 aliphatic carbocycles. The van der Waals surface area contributed by atoms with Crippen LogP contribution in [0.1, 0.15) is 43.5 Å². The number of hydrogen-bond donors (Lipinski definition) is 1. The van der Waals surface area contributed by atoms with Crippen molar-refractivity contribution in [3.63, 3.8) is 0 Å². The maximum Gasteiger partial charge on any atom is 0.256 e. The van der Waals surface area contributed by atoms with E-state index >= 15 is 0 Å². The van der Waals surface area contributed by atoms with Crippen LogP contribution in [0.15, 0.2) is 12.1 Å². The zero-order valence-electron chi connectivity index (χ0n) is 17.7. The van der Waals surface area contributed by atoms with Crippen LogP contribution in [-0.2, 0) is 4.79 Å². The number of nitrogens with zero attached hydrogens (tertiary/aromatic N) is 3. The average molecular weight is 453 g/mol. The molecule has 1 aromatic rings. The first-order valence-electron chi connectivity index (χ1n) is 10.7. The fourth-order valence-corrected chi connectivity index (χ4v) is 5.45. The van der Waals surface area contributed by atoms with Gasteiger partial charge in [-0.15, -0.1) is 0 Å². The van der Waals surface area contributed by atoms with Gasteiger partial charge in [0.25, 0.3) is 5.91 Å². The van der Waals surface area contributed by atoms with Crippen molar-refractivity contribution in [3.05, 3.63) is 27.7 Å². The molecule has 0 unspecified atom stereocenters. The Morgan fingerprint density at radius 3 is 2.30 bits per heavy atom. The number of anilines is 1. The van der Waals surface area contributed by atoms with Crippen LogP contribution in [0.3, 0.4) is 0 Å². The molecule has 4 rings (SSSR count). The number of rotatable bonds is 5. The van der Waals surface area contributed by atoms with Crippen molar-refractivity contribution >= 4 is 41.2 Å². The molecule has 164 valence electrons. The maximum absolute atomic E-state index is 12.9. The van der Waals surface area contributed by atoms with Crippen molar-refractivity contribution in [3.8, 4) is 0 Å². The topological polar surface area (TPSA) is 55.9 Å². The molecule has 1 aromatic carbocycles. The molecule has 3 fully saturated rings. The van der Waals surface area contributed by atoms with E-state index in [1.807, 2.05) is 21.9 Å². The molecule has 8 heteroatoms. The molecule has 0 atom stereocenters. The average Bonchev–Trinajstić information content (AvgIpc) is 3.04. The van der Waals surface area contributed by atoms with Crippen molar-refractivity contribution in [2.75, 3.05) is 44.6 Å². The van der Waals surface area contributed by atoms with E-state index in [1.54, 1.807) is 0 Å². The van der Waals surface area contributed by atoms with Gasteiger partial charge in [-0.1, -0.05) is 37.0 Å². The molecule has 1 N–H and O–H groups in total. The first kappa shape index (κ1) is 21.7. The van der Waals surface area contributed by atoms with Gasteiger partial charge in [-0.05, 0) is 36.8 Å². The highest BCUT2D eigenvalue weighted by Gasteiger charge is 2.35. The van der Waals surface area contributed by atoms with Gasteiger partial charge in [0.1, 0.15) is 0 Å². The molecular formula is C22H30Cl2N4O2. The second-order valence-corrected chi connectivity index (χ2v) is 10.4. The summed E-state index contributed by atoms with van der Waals surface area (Å²) in [6, 6.07) is 4.51. The molecular weight excluding hydrogens is 423 g/mol. The smallest absolute Gasteiger partial charge is 0.256 e. The van der Waals surface area contributed by atoms with Crippen LogP contribution >= 0.6 is 23.2 Å². The van der Waals surface area contributed by atoms with Gasteiger partial charge in [0.15, 0.2) is 0 Å². The van der Waals surface area contributed by atoms with E-state index in [0.717, 1.165) is 70.6 Å². The Kier molecular flexibility index (Phi) is 6.20. The van der Waals surface area contributed by atoms with Crippen molar-refractivity contribution < 1.29 is 9.59 Å². The van der Waals surface area contributed by atoms with Crippen LogP contribution in [0.2, 0.25) is 10.0 Å². The highest BCUT2D eigenvalue weighted by atomic mass is 35.5. The molecule has 3 aliphatic rings. The molecule has 0 aromatic heterocycles. The summed E-state index contributed by atoms with van der Waals surface area (Å²) in [5.41, 5.74) is 1.39. The lowest BCUT2D eigenvalue weighted by atomic mass is 9.93. The lowest BCUT2D eigenvalue weighted by Gasteiger charge is -2.47. The van der Waals surface area contributed by atoms with E-state index in [1.165, 1.54) is 0 Å². The third kappa shape index (κ3) is 4.56. The standard InChI is InChI=1S/C22H30Cl2N4O2/c1-22(2)5-8-27(13-22)21(30)20-18(23)9-15(10-19(20)24)25-16-11-28(12-16)17-3-6-26(14-29)7-4-17/h9-10,14,16-17,25H,3-8,11-13H2,1-2H3. The number of carbonyl (C=O) groups excluding carboxylic acids is 2. The van der Waals surface area contributed by atoms with Gasteiger partial charge in [0.2, 0.25) is 6.41 Å². The summed E-state index contributed by atoms with van der Waals surface area (Å²) in [4.78, 5) is 30.0. The third-order valence-corrected chi connectivity index (χ3v) is 7.26. The lowest BCUT2D eigenvalue weighted by molar-refractivity contribution is -0.119. The van der Waals surface area contributed by atoms with Gasteiger partial charge in [0, 0.05) is 51.0 Å². The van der Waals surface area contributed by atoms with Gasteiger partial charge in [-0.25, -0.2) is 0 Å². The molecule has 0 spiro atoms. The number of piperidine rings is 1. The highest BCUT2D eigenvalue weighted by Crippen LogP contribution is 2.35. The zero-order valence-corrected chi connectivity index (χ0v) is 19.2. The predicted octanol–water partition coefficient (Wildman–Crippen LogP) is 3.58. The van der Waals surface area contributed by atoms with Crippen molar-refractivity contribution in [2.24, 2.45) is 5.41 Å². The molecule has 3 aliphatic heterocycles. The largest absolute Gasteiger partial charge is 0.380 e. The first-order chi connectivity index (χ1) is 14.3. The number of amides is 2. The van der Waals surface area contributed by atoms with E-state index < -0.39 is 0 Å². The Labute approximate surface area is 188 Å². The van der Waals surface area contributed by atoms with Crippen LogP contribution in [0, 0.1) is 5.41 Å². The van der Waals surface area contributed by atoms with Crippen LogP contribution < -0.4 is 5.32 Å². The fourth-order valence-electron chi connectivity index (χ4n) is 4.80. The van der Waals surface area contributed by atoms with E-state index in [9.17, 15) is 9.59 Å². The summed E-state index contributed by atoms with van der Waals surface area (Å²) in [6.45, 7) is 9.42. The van der Waals surface area contributed by atoms with Crippen molar-refractivity contribution in [1.82, 2.24) is 14.7 Å². The minimum absolute atomic E-state index is 0.0846. The highest BCUT2D eigenvalue weighted by molar-refractivity contribution is 6.40. The van der Waals surface area contributed by atoms with Crippen molar-refractivity contribution in [1.29, 1.82) is 0 Å². The maximum atomic E-state index is 12.9. The summed E-state index contributed by atoms with van der Waals surface area (Å²) in [5.74, 6) is -0.0846. The summed E-state index contributed by atoms with van der Waals surface area (Å²) in [5, 5.41) is 4.30. The third-order valence-electron chi connectivity index (χ3n) is 6.67. The van der Waals surface area contributed by atoms with Crippen LogP contribution in [0.5, 0.6) is 0 Å². The Morgan fingerprint density at radius 1 is 1.13 bits per heavy atom. The molecule has 0 saturated carbocycles. The van der Waals surface area contributed by atoms with E-state index in [4.69, 9.17) is 23.2 Å². The Morgan fingerprint density at radius 2 is 1.77 bits per heavy atom. The van der Waals surface area contributed by atoms with Crippen LogP contribution in [0.4, 0.5) is 5.69 Å². The van der Waals surface area contributed by atoms with Gasteiger partial charge in [0.05, 0.1) is 21.7 Å². The number of carbonyl (C=O) groups is 2. The number of likely N-dealkylation sites (tertiary alicyclic amines) is 3. The second-order valence-electron chi connectivity index (χ2n) is 9.62. The first-order valence-corrected chi connectivity index (χ1v) is 11.5. The number of hydrogen-bond acceptors (Lipinski definition) is 4. The monoisotopic (exact) mass is 452 g/mol. The minimum Gasteiger partial charge on any atom is -0.380 e. The van der Waals surface area contributed by atoms with Gasteiger partial charge >= 0.3 is 0 Å². The van der Waals surface area contributed by atoms with Gasteiger partial charge in [-0.3, -0.25) is 14.5 Å². The molecule has 0 radical (unpaired) electrons. The number of nitrogens with one attached hydrogen (secondary N) is 1. The van der Waals surface area contributed by atoms with Crippen LogP contribution in [-0.4, -0.2) is 78.4 Å². The summed E-state index contributed by atoms with van der Waals surface area (Å²) in [7, 11) is 0. The van der Waals surface area contributed by atoms with Crippen LogP contribution in [0.25, 0.3) is 0 Å². The Balaban J connectivity index is 1.33. The van der Waals surface area contributed by atoms with Gasteiger partial charge in [-0.2, -0.15) is 0 Å². The lowest BCUT2D eigenvalue weighted by Crippen LogP contribution is -2.60. The fraction of sp³-hybridized carbons (Fsp3) is 0.636. The molecule has 0 bridgehead atoms. The zero-order chi connectivity index (χ0) is 21.5. The molecule has 3 heterocycles. The number of halogens is 2. The van der Waals surface area contributed by atoms with E-state index in [-0.39, 0.29) is 11.3 Å². The SMILES string of the molecule is CC1(C)CCN(C(=O)c2c(Cl)cc(NC3CN(C4CCN(C=O)CC4)C3)cc2Cl)C1. The Bertz CT molecular complexity index is 794. The predicted molar refractivity (Wildman–Crippen MR) is 120 cm³/mol. The summed E-state index contributed by atoms with van der Waals surface area (Å²) >= 11 is 13.0. The molecule has 6 nitrogen and oxygen atoms in total. The quantitative estimate of drug-likeness (QED) is 0.693. The van der Waals surface area contributed by atoms with Gasteiger partial charge < -0.3 is 15.1 Å². The molecule has 3 saturated heterocycles. The van der Waals surface area contributed by atoms with Crippen molar-refractivity contribution in [2.45, 2.75) is 45.2 Å². The van der Waals surface area contributed by atoms with E-state index in [2.05, 4.69) is 24.1 Å².